The molecule has 0 rings (SSSR count). The fourth-order valence-corrected chi connectivity index (χ4v) is 0.914. The smallest absolute Gasteiger partial charge is 0.326 e. The van der Waals surface area contributed by atoms with E-state index in [1.54, 1.807) is 20.8 Å². The third-order valence-electron chi connectivity index (χ3n) is 2.52. The number of hydrogen-bond donors (Lipinski definition) is 2. The standard InChI is InChI=1S/C10H17F2NO3/c1-4-10(2,3)9(16)13-6(8(14)15)5-7(11)12/h6-7H,4-5H2,1-3H3,(H,13,16)(H,14,15). The maximum absolute atomic E-state index is 12.1. The second-order valence-corrected chi connectivity index (χ2v) is 4.23. The average molecular weight is 237 g/mol. The van der Waals surface area contributed by atoms with Gasteiger partial charge in [0.15, 0.2) is 0 Å². The van der Waals surface area contributed by atoms with Gasteiger partial charge in [0.25, 0.3) is 0 Å². The Balaban J connectivity index is 4.52. The molecule has 0 fully saturated rings. The quantitative estimate of drug-likeness (QED) is 0.738. The molecule has 0 heterocycles. The number of alkyl halides is 2. The van der Waals surface area contributed by atoms with E-state index < -0.39 is 36.2 Å². The van der Waals surface area contributed by atoms with Crippen LogP contribution in [0.4, 0.5) is 8.78 Å². The van der Waals surface area contributed by atoms with Crippen LogP contribution < -0.4 is 5.32 Å². The van der Waals surface area contributed by atoms with Gasteiger partial charge in [0.1, 0.15) is 6.04 Å². The summed E-state index contributed by atoms with van der Waals surface area (Å²) in [5.41, 5.74) is -0.754. The van der Waals surface area contributed by atoms with Gasteiger partial charge < -0.3 is 10.4 Å². The summed E-state index contributed by atoms with van der Waals surface area (Å²) in [5.74, 6) is -1.97. The molecule has 16 heavy (non-hydrogen) atoms. The van der Waals surface area contributed by atoms with Crippen molar-refractivity contribution in [1.29, 1.82) is 0 Å². The van der Waals surface area contributed by atoms with Crippen LogP contribution in [0.5, 0.6) is 0 Å². The third-order valence-corrected chi connectivity index (χ3v) is 2.52. The van der Waals surface area contributed by atoms with E-state index in [1.807, 2.05) is 0 Å². The number of carbonyl (C=O) groups excluding carboxylic acids is 1. The lowest BCUT2D eigenvalue weighted by molar-refractivity contribution is -0.144. The van der Waals surface area contributed by atoms with Crippen LogP contribution in [0.2, 0.25) is 0 Å². The van der Waals surface area contributed by atoms with Gasteiger partial charge in [-0.1, -0.05) is 20.8 Å². The SMILES string of the molecule is CCC(C)(C)C(=O)NC(CC(F)F)C(=O)O. The van der Waals surface area contributed by atoms with Gasteiger partial charge in [0, 0.05) is 11.8 Å². The molecule has 1 amide bonds. The molecule has 0 spiro atoms. The highest BCUT2D eigenvalue weighted by Gasteiger charge is 2.31. The van der Waals surface area contributed by atoms with Gasteiger partial charge in [0.05, 0.1) is 0 Å². The summed E-state index contributed by atoms with van der Waals surface area (Å²) in [5, 5.41) is 10.8. The number of amides is 1. The molecule has 0 aliphatic heterocycles. The Hall–Kier alpha value is -1.20. The van der Waals surface area contributed by atoms with Crippen LogP contribution in [0.3, 0.4) is 0 Å². The molecule has 94 valence electrons. The predicted molar refractivity (Wildman–Crippen MR) is 54.3 cm³/mol. The number of hydrogen-bond acceptors (Lipinski definition) is 2. The van der Waals surface area contributed by atoms with Gasteiger partial charge in [-0.25, -0.2) is 13.6 Å². The van der Waals surface area contributed by atoms with Crippen molar-refractivity contribution in [1.82, 2.24) is 5.32 Å². The first-order valence-electron chi connectivity index (χ1n) is 5.02. The number of carboxylic acid groups (broad SMARTS) is 1. The van der Waals surface area contributed by atoms with Crippen LogP contribution in [0, 0.1) is 5.41 Å². The highest BCUT2D eigenvalue weighted by atomic mass is 19.3. The Morgan fingerprint density at radius 1 is 1.38 bits per heavy atom. The highest BCUT2D eigenvalue weighted by Crippen LogP contribution is 2.20. The zero-order valence-electron chi connectivity index (χ0n) is 9.59. The molecule has 0 saturated carbocycles. The molecule has 0 aromatic carbocycles. The van der Waals surface area contributed by atoms with Crippen molar-refractivity contribution < 1.29 is 23.5 Å². The number of nitrogens with one attached hydrogen (secondary N) is 1. The zero-order chi connectivity index (χ0) is 12.9. The van der Waals surface area contributed by atoms with E-state index in [4.69, 9.17) is 5.11 Å². The lowest BCUT2D eigenvalue weighted by Crippen LogP contribution is -2.47. The van der Waals surface area contributed by atoms with Crippen LogP contribution in [-0.4, -0.2) is 29.5 Å². The van der Waals surface area contributed by atoms with Crippen molar-refractivity contribution in [2.24, 2.45) is 5.41 Å². The fraction of sp³-hybridized carbons (Fsp3) is 0.800. The molecule has 0 radical (unpaired) electrons. The first kappa shape index (κ1) is 14.8. The number of halogens is 2. The molecule has 1 atom stereocenters. The van der Waals surface area contributed by atoms with Gasteiger partial charge in [-0.15, -0.1) is 0 Å². The monoisotopic (exact) mass is 237 g/mol. The van der Waals surface area contributed by atoms with Crippen LogP contribution in [0.15, 0.2) is 0 Å². The molecular weight excluding hydrogens is 220 g/mol. The van der Waals surface area contributed by atoms with Crippen molar-refractivity contribution in [3.8, 4) is 0 Å². The summed E-state index contributed by atoms with van der Waals surface area (Å²) in [6.07, 6.45) is -3.13. The molecule has 4 nitrogen and oxygen atoms in total. The summed E-state index contributed by atoms with van der Waals surface area (Å²) in [7, 11) is 0. The van der Waals surface area contributed by atoms with Crippen molar-refractivity contribution in [2.75, 3.05) is 0 Å². The summed E-state index contributed by atoms with van der Waals surface area (Å²) >= 11 is 0. The molecule has 0 aromatic heterocycles. The second kappa shape index (κ2) is 5.77. The van der Waals surface area contributed by atoms with E-state index in [0.717, 1.165) is 0 Å². The van der Waals surface area contributed by atoms with Crippen molar-refractivity contribution in [3.05, 3.63) is 0 Å². The Kier molecular flexibility index (Phi) is 5.33. The molecule has 2 N–H and O–H groups in total. The maximum atomic E-state index is 12.1. The molecule has 0 aliphatic carbocycles. The predicted octanol–water partition coefficient (Wildman–Crippen LogP) is 1.65. The summed E-state index contributed by atoms with van der Waals surface area (Å²) in [6.45, 7) is 5.02. The van der Waals surface area contributed by atoms with Crippen molar-refractivity contribution >= 4 is 11.9 Å². The van der Waals surface area contributed by atoms with E-state index >= 15 is 0 Å². The molecule has 0 saturated heterocycles. The molecular formula is C10H17F2NO3. The first-order valence-corrected chi connectivity index (χ1v) is 5.02. The minimum Gasteiger partial charge on any atom is -0.480 e. The lowest BCUT2D eigenvalue weighted by atomic mass is 9.89. The van der Waals surface area contributed by atoms with Crippen LogP contribution in [-0.2, 0) is 9.59 Å². The van der Waals surface area contributed by atoms with E-state index in [0.29, 0.717) is 6.42 Å². The minimum absolute atomic E-state index is 0.500. The van der Waals surface area contributed by atoms with Crippen LogP contribution in [0.25, 0.3) is 0 Å². The average Bonchev–Trinajstić information content (AvgIpc) is 2.15. The van der Waals surface area contributed by atoms with Gasteiger partial charge in [0.2, 0.25) is 12.3 Å². The minimum atomic E-state index is -2.76. The van der Waals surface area contributed by atoms with Gasteiger partial charge in [-0.3, -0.25) is 4.79 Å². The largest absolute Gasteiger partial charge is 0.480 e. The van der Waals surface area contributed by atoms with Crippen molar-refractivity contribution in [2.45, 2.75) is 46.1 Å². The topological polar surface area (TPSA) is 66.4 Å². The number of rotatable bonds is 6. The van der Waals surface area contributed by atoms with Gasteiger partial charge in [-0.2, -0.15) is 0 Å². The molecule has 0 aliphatic rings. The summed E-state index contributed by atoms with van der Waals surface area (Å²) in [4.78, 5) is 22.2. The maximum Gasteiger partial charge on any atom is 0.326 e. The first-order chi connectivity index (χ1) is 7.20. The van der Waals surface area contributed by atoms with E-state index in [-0.39, 0.29) is 0 Å². The Morgan fingerprint density at radius 2 is 1.88 bits per heavy atom. The Morgan fingerprint density at radius 3 is 2.19 bits per heavy atom. The second-order valence-electron chi connectivity index (χ2n) is 4.23. The van der Waals surface area contributed by atoms with Gasteiger partial charge >= 0.3 is 5.97 Å². The number of carboxylic acids is 1. The number of aliphatic carboxylic acids is 1. The van der Waals surface area contributed by atoms with Crippen LogP contribution in [0.1, 0.15) is 33.6 Å². The highest BCUT2D eigenvalue weighted by molar-refractivity contribution is 5.86. The third kappa shape index (κ3) is 4.55. The summed E-state index contributed by atoms with van der Waals surface area (Å²) < 4.78 is 24.1. The van der Waals surface area contributed by atoms with E-state index in [9.17, 15) is 18.4 Å². The normalized spacial score (nSPS) is 13.6. The lowest BCUT2D eigenvalue weighted by Gasteiger charge is -2.24. The summed E-state index contributed by atoms with van der Waals surface area (Å²) in [6, 6.07) is -1.53. The zero-order valence-corrected chi connectivity index (χ0v) is 9.59. The van der Waals surface area contributed by atoms with E-state index in [1.165, 1.54) is 0 Å². The molecule has 6 heteroatoms. The molecule has 1 unspecified atom stereocenters. The molecule has 0 aromatic rings. The fourth-order valence-electron chi connectivity index (χ4n) is 0.914. The van der Waals surface area contributed by atoms with Crippen LogP contribution >= 0.6 is 0 Å². The molecule has 0 bridgehead atoms. The Labute approximate surface area is 93.0 Å². The van der Waals surface area contributed by atoms with Crippen molar-refractivity contribution in [3.63, 3.8) is 0 Å². The van der Waals surface area contributed by atoms with Gasteiger partial charge in [-0.05, 0) is 6.42 Å². The van der Waals surface area contributed by atoms with E-state index in [2.05, 4.69) is 5.32 Å². The Bertz CT molecular complexity index is 267. The number of carbonyl (C=O) groups is 2.